The molecular weight excluding hydrogens is 294 g/mol. The highest BCUT2D eigenvalue weighted by Gasteiger charge is 2.32. The maximum atomic E-state index is 12.5. The maximum absolute atomic E-state index is 12.5. The average molecular weight is 308 g/mol. The van der Waals surface area contributed by atoms with E-state index in [0.717, 1.165) is 27.4 Å². The van der Waals surface area contributed by atoms with Crippen LogP contribution in [0, 0.1) is 5.92 Å². The van der Waals surface area contributed by atoms with Gasteiger partial charge in [-0.15, -0.1) is 0 Å². The van der Waals surface area contributed by atoms with Gasteiger partial charge in [-0.05, 0) is 24.5 Å². The molecule has 0 bridgehead atoms. The molecule has 1 aliphatic rings. The molecule has 0 amide bonds. The van der Waals surface area contributed by atoms with Gasteiger partial charge in [-0.1, -0.05) is 28.9 Å². The fourth-order valence-corrected chi connectivity index (χ4v) is 3.10. The third-order valence-electron chi connectivity index (χ3n) is 3.57. The van der Waals surface area contributed by atoms with Crippen molar-refractivity contribution < 1.29 is 9.53 Å². The molecule has 4 heteroatoms. The fourth-order valence-electron chi connectivity index (χ4n) is 2.52. The van der Waals surface area contributed by atoms with Gasteiger partial charge in [0.1, 0.15) is 6.10 Å². The van der Waals surface area contributed by atoms with Gasteiger partial charge in [-0.2, -0.15) is 0 Å². The summed E-state index contributed by atoms with van der Waals surface area (Å²) in [5.41, 5.74) is 1.69. The van der Waals surface area contributed by atoms with Crippen molar-refractivity contribution in [2.45, 2.75) is 19.4 Å². The zero-order valence-electron chi connectivity index (χ0n) is 10.1. The van der Waals surface area contributed by atoms with Crippen LogP contribution in [0.5, 0.6) is 0 Å². The minimum atomic E-state index is -0.295. The summed E-state index contributed by atoms with van der Waals surface area (Å²) in [6.07, 6.45) is 2.45. The summed E-state index contributed by atoms with van der Waals surface area (Å²) in [5.74, 6) is 0.378. The Hall–Kier alpha value is -1.13. The van der Waals surface area contributed by atoms with E-state index >= 15 is 0 Å². The van der Waals surface area contributed by atoms with Crippen molar-refractivity contribution in [1.82, 2.24) is 4.98 Å². The van der Waals surface area contributed by atoms with Crippen LogP contribution in [-0.2, 0) is 4.74 Å². The number of fused-ring (bicyclic) bond motifs is 1. The van der Waals surface area contributed by atoms with E-state index in [9.17, 15) is 4.79 Å². The Kier molecular flexibility index (Phi) is 2.99. The summed E-state index contributed by atoms with van der Waals surface area (Å²) in [6.45, 7) is 2.75. The molecule has 1 fully saturated rings. The summed E-state index contributed by atoms with van der Waals surface area (Å²) in [6, 6.07) is 5.87. The molecule has 1 aromatic heterocycles. The molecule has 1 saturated heterocycles. The third-order valence-corrected chi connectivity index (χ3v) is 4.23. The highest BCUT2D eigenvalue weighted by atomic mass is 79.9. The van der Waals surface area contributed by atoms with Gasteiger partial charge in [-0.3, -0.25) is 4.79 Å². The number of carbonyl (C=O) groups excluding carboxylic acids is 1. The number of benzene rings is 1. The number of nitrogens with one attached hydrogen (secondary N) is 1. The lowest BCUT2D eigenvalue weighted by Gasteiger charge is -2.12. The van der Waals surface area contributed by atoms with Crippen LogP contribution in [0.25, 0.3) is 10.9 Å². The molecule has 0 radical (unpaired) electrons. The van der Waals surface area contributed by atoms with Crippen molar-refractivity contribution in [2.75, 3.05) is 6.61 Å². The molecule has 2 unspecified atom stereocenters. The molecule has 2 atom stereocenters. The molecule has 1 aromatic carbocycles. The Labute approximate surface area is 114 Å². The van der Waals surface area contributed by atoms with Gasteiger partial charge in [0.05, 0.1) is 0 Å². The Bertz CT molecular complexity index is 605. The number of carbonyl (C=O) groups is 1. The van der Waals surface area contributed by atoms with Crippen molar-refractivity contribution in [1.29, 1.82) is 0 Å². The second kappa shape index (κ2) is 4.52. The van der Waals surface area contributed by atoms with Crippen LogP contribution < -0.4 is 0 Å². The summed E-state index contributed by atoms with van der Waals surface area (Å²) in [4.78, 5) is 15.7. The maximum Gasteiger partial charge on any atom is 0.194 e. The van der Waals surface area contributed by atoms with Crippen molar-refractivity contribution in [3.05, 3.63) is 34.4 Å². The first-order valence-electron chi connectivity index (χ1n) is 6.10. The summed E-state index contributed by atoms with van der Waals surface area (Å²) in [5, 5.41) is 0.949. The first-order chi connectivity index (χ1) is 8.68. The number of hydrogen-bond donors (Lipinski definition) is 1. The number of Topliss-reactive ketones (excluding diaryl/α,β-unsaturated/α-hetero) is 1. The quantitative estimate of drug-likeness (QED) is 0.862. The average Bonchev–Trinajstić information content (AvgIpc) is 2.95. The van der Waals surface area contributed by atoms with E-state index in [1.165, 1.54) is 0 Å². The van der Waals surface area contributed by atoms with E-state index in [0.29, 0.717) is 12.5 Å². The highest BCUT2D eigenvalue weighted by Crippen LogP contribution is 2.31. The van der Waals surface area contributed by atoms with Gasteiger partial charge in [0.25, 0.3) is 0 Å². The van der Waals surface area contributed by atoms with E-state index in [1.54, 1.807) is 6.20 Å². The number of halogens is 1. The van der Waals surface area contributed by atoms with Crippen LogP contribution in [0.4, 0.5) is 0 Å². The van der Waals surface area contributed by atoms with E-state index in [-0.39, 0.29) is 11.9 Å². The number of H-pyrrole nitrogens is 1. The molecular formula is C14H14BrNO2. The van der Waals surface area contributed by atoms with Gasteiger partial charge < -0.3 is 9.72 Å². The van der Waals surface area contributed by atoms with Gasteiger partial charge in [0.2, 0.25) is 0 Å². The Morgan fingerprint density at radius 3 is 3.06 bits per heavy atom. The van der Waals surface area contributed by atoms with Gasteiger partial charge in [0, 0.05) is 33.7 Å². The molecule has 1 N–H and O–H groups in total. The molecule has 3 nitrogen and oxygen atoms in total. The van der Waals surface area contributed by atoms with Crippen LogP contribution in [-0.4, -0.2) is 23.5 Å². The molecule has 1 aliphatic heterocycles. The molecule has 0 aliphatic carbocycles. The molecule has 2 heterocycles. The van der Waals surface area contributed by atoms with E-state index in [1.807, 2.05) is 18.2 Å². The highest BCUT2D eigenvalue weighted by molar-refractivity contribution is 9.10. The van der Waals surface area contributed by atoms with Crippen molar-refractivity contribution in [3.63, 3.8) is 0 Å². The van der Waals surface area contributed by atoms with E-state index < -0.39 is 0 Å². The molecule has 3 rings (SSSR count). The monoisotopic (exact) mass is 307 g/mol. The van der Waals surface area contributed by atoms with Gasteiger partial charge in [0.15, 0.2) is 5.78 Å². The standard InChI is InChI=1S/C14H14BrNO2/c1-8-5-6-18-14(8)13(17)9-7-16-11-4-2-3-10(15)12(9)11/h2-4,7-8,14,16H,5-6H2,1H3. The Balaban J connectivity index is 2.07. The smallest absolute Gasteiger partial charge is 0.194 e. The van der Waals surface area contributed by atoms with Crippen LogP contribution in [0.1, 0.15) is 23.7 Å². The van der Waals surface area contributed by atoms with Gasteiger partial charge >= 0.3 is 0 Å². The van der Waals surface area contributed by atoms with E-state index in [2.05, 4.69) is 27.8 Å². The Morgan fingerprint density at radius 2 is 2.33 bits per heavy atom. The SMILES string of the molecule is CC1CCOC1C(=O)c1c[nH]c2cccc(Br)c12. The molecule has 18 heavy (non-hydrogen) atoms. The summed E-state index contributed by atoms with van der Waals surface area (Å²) >= 11 is 3.51. The van der Waals surface area contributed by atoms with Crippen LogP contribution in [0.15, 0.2) is 28.9 Å². The summed E-state index contributed by atoms with van der Waals surface area (Å²) in [7, 11) is 0. The van der Waals surface area contributed by atoms with E-state index in [4.69, 9.17) is 4.74 Å². The minimum absolute atomic E-state index is 0.0816. The van der Waals surface area contributed by atoms with Crippen LogP contribution in [0.3, 0.4) is 0 Å². The summed E-state index contributed by atoms with van der Waals surface area (Å²) < 4.78 is 6.50. The number of rotatable bonds is 2. The van der Waals surface area contributed by atoms with Gasteiger partial charge in [-0.25, -0.2) is 0 Å². The topological polar surface area (TPSA) is 42.1 Å². The Morgan fingerprint density at radius 1 is 1.50 bits per heavy atom. The lowest BCUT2D eigenvalue weighted by molar-refractivity contribution is 0.0581. The molecule has 94 valence electrons. The molecule has 0 saturated carbocycles. The normalized spacial score (nSPS) is 23.7. The number of aromatic amines is 1. The first kappa shape index (κ1) is 11.9. The largest absolute Gasteiger partial charge is 0.370 e. The second-order valence-electron chi connectivity index (χ2n) is 4.79. The zero-order chi connectivity index (χ0) is 12.7. The second-order valence-corrected chi connectivity index (χ2v) is 5.64. The molecule has 0 spiro atoms. The molecule has 2 aromatic rings. The van der Waals surface area contributed by atoms with Crippen LogP contribution >= 0.6 is 15.9 Å². The van der Waals surface area contributed by atoms with Crippen molar-refractivity contribution in [2.24, 2.45) is 5.92 Å². The van der Waals surface area contributed by atoms with Crippen LogP contribution in [0.2, 0.25) is 0 Å². The fraction of sp³-hybridized carbons (Fsp3) is 0.357. The lowest BCUT2D eigenvalue weighted by atomic mass is 9.96. The lowest BCUT2D eigenvalue weighted by Crippen LogP contribution is -2.25. The minimum Gasteiger partial charge on any atom is -0.370 e. The number of ether oxygens (including phenoxy) is 1. The van der Waals surface area contributed by atoms with Crippen molar-refractivity contribution in [3.8, 4) is 0 Å². The first-order valence-corrected chi connectivity index (χ1v) is 6.89. The predicted molar refractivity (Wildman–Crippen MR) is 73.9 cm³/mol. The number of aromatic nitrogens is 1. The van der Waals surface area contributed by atoms with Crippen molar-refractivity contribution >= 4 is 32.6 Å². The predicted octanol–water partition coefficient (Wildman–Crippen LogP) is 3.54. The number of hydrogen-bond acceptors (Lipinski definition) is 2. The zero-order valence-corrected chi connectivity index (χ0v) is 11.7. The number of ketones is 1. The third kappa shape index (κ3) is 1.80.